The van der Waals surface area contributed by atoms with E-state index in [4.69, 9.17) is 0 Å². The summed E-state index contributed by atoms with van der Waals surface area (Å²) in [6, 6.07) is 17.8. The Morgan fingerprint density at radius 3 is 0.686 bits per heavy atom. The van der Waals surface area contributed by atoms with Crippen LogP contribution in [0, 0.1) is 0 Å². The van der Waals surface area contributed by atoms with Gasteiger partial charge in [0.1, 0.15) is 23.0 Å². The minimum absolute atomic E-state index is 0.0278. The highest BCUT2D eigenvalue weighted by Crippen LogP contribution is 2.51. The van der Waals surface area contributed by atoms with Crippen molar-refractivity contribution in [3.05, 3.63) is 93.0 Å². The summed E-state index contributed by atoms with van der Waals surface area (Å²) in [5.74, 6) is 1.55. The largest absolute Gasteiger partial charge is 0.507 e. The fourth-order valence-electron chi connectivity index (χ4n) is 8.95. The van der Waals surface area contributed by atoms with E-state index < -0.39 is 0 Å². The third-order valence-electron chi connectivity index (χ3n) is 13.0. The minimum atomic E-state index is -0.281. The Bertz CT molecular complexity index is 2250. The predicted octanol–water partition coefficient (Wildman–Crippen LogP) is 19.2. The molecule has 70 heavy (non-hydrogen) atoms. The van der Waals surface area contributed by atoms with Crippen LogP contribution in [0.2, 0.25) is 0 Å². The molecule has 4 nitrogen and oxygen atoms in total. The van der Waals surface area contributed by atoms with Gasteiger partial charge in [0.15, 0.2) is 0 Å². The summed E-state index contributed by atoms with van der Waals surface area (Å²) in [6.07, 6.45) is 1.73. The molecule has 0 heterocycles. The predicted molar refractivity (Wildman–Crippen MR) is 312 cm³/mol. The van der Waals surface area contributed by atoms with Crippen LogP contribution in [0.25, 0.3) is 0 Å². The fraction of sp³-hybridized carbons (Fsp3) is 0.613. The molecule has 0 fully saturated rings. The van der Waals surface area contributed by atoms with Gasteiger partial charge in [-0.1, -0.05) is 173 Å². The molecule has 0 amide bonds. The van der Waals surface area contributed by atoms with Gasteiger partial charge in [0, 0.05) is 74.6 Å². The van der Waals surface area contributed by atoms with Crippen LogP contribution >= 0.6 is 47.0 Å². The van der Waals surface area contributed by atoms with Crippen molar-refractivity contribution >= 4 is 47.0 Å². The second kappa shape index (κ2) is 21.0. The molecule has 0 aliphatic carbocycles. The molecule has 4 N–H and O–H groups in total. The van der Waals surface area contributed by atoms with Gasteiger partial charge in [-0.2, -0.15) is 0 Å². The zero-order valence-corrected chi connectivity index (χ0v) is 51.5. The van der Waals surface area contributed by atoms with Crippen LogP contribution in [0.1, 0.15) is 230 Å². The molecule has 0 saturated carbocycles. The van der Waals surface area contributed by atoms with Crippen molar-refractivity contribution in [2.45, 2.75) is 264 Å². The molecule has 0 aromatic heterocycles. The van der Waals surface area contributed by atoms with Crippen LogP contribution in [-0.2, 0) is 43.3 Å². The SMILES string of the molecule is CC(CC(CC(Sc1cc(C(C)(C)C)c(O)c(C(C)(C)C)c1)Sc1cc(C(C)(C)C)c(O)c(C(C)(C)C)c1)Sc1cc(C(C)(C)C)c(O)c(C(C)(C)C)c1)Sc1cc(C(C)(C)C)c(O)c(C(C)(C)C)c1. The smallest absolute Gasteiger partial charge is 0.123 e. The summed E-state index contributed by atoms with van der Waals surface area (Å²) >= 11 is 7.59. The van der Waals surface area contributed by atoms with Gasteiger partial charge < -0.3 is 20.4 Å². The lowest BCUT2D eigenvalue weighted by Gasteiger charge is -2.31. The van der Waals surface area contributed by atoms with Gasteiger partial charge in [-0.15, -0.1) is 47.0 Å². The Morgan fingerprint density at radius 1 is 0.300 bits per heavy atom. The molecule has 8 heteroatoms. The minimum Gasteiger partial charge on any atom is -0.507 e. The molecule has 0 radical (unpaired) electrons. The number of rotatable bonds is 12. The molecule has 390 valence electrons. The summed E-state index contributed by atoms with van der Waals surface area (Å²) in [4.78, 5) is 4.58. The zero-order valence-electron chi connectivity index (χ0n) is 48.2. The fourth-order valence-corrected chi connectivity index (χ4v) is 14.8. The van der Waals surface area contributed by atoms with Crippen molar-refractivity contribution in [1.82, 2.24) is 0 Å². The number of hydrogen-bond donors (Lipinski definition) is 4. The Kier molecular flexibility index (Phi) is 18.0. The van der Waals surface area contributed by atoms with E-state index in [1.165, 1.54) is 4.90 Å². The van der Waals surface area contributed by atoms with Gasteiger partial charge in [0.05, 0.1) is 4.58 Å². The first-order valence-corrected chi connectivity index (χ1v) is 29.0. The summed E-state index contributed by atoms with van der Waals surface area (Å²) in [5.41, 5.74) is 5.51. The van der Waals surface area contributed by atoms with E-state index in [2.05, 4.69) is 222 Å². The molecule has 0 bridgehead atoms. The Balaban J connectivity index is 2.02. The number of aromatic hydroxyl groups is 4. The Hall–Kier alpha value is -2.52. The lowest BCUT2D eigenvalue weighted by molar-refractivity contribution is 0.421. The summed E-state index contributed by atoms with van der Waals surface area (Å²) in [7, 11) is 0. The maximum atomic E-state index is 11.9. The van der Waals surface area contributed by atoms with E-state index in [-0.39, 0.29) is 58.4 Å². The third kappa shape index (κ3) is 15.3. The molecule has 2 unspecified atom stereocenters. The number of benzene rings is 4. The summed E-state index contributed by atoms with van der Waals surface area (Å²) in [6.45, 7) is 54.6. The van der Waals surface area contributed by atoms with Crippen LogP contribution in [0.5, 0.6) is 23.0 Å². The topological polar surface area (TPSA) is 80.9 Å². The molecule has 2 atom stereocenters. The van der Waals surface area contributed by atoms with Crippen molar-refractivity contribution in [3.63, 3.8) is 0 Å². The van der Waals surface area contributed by atoms with Gasteiger partial charge in [0.2, 0.25) is 0 Å². The van der Waals surface area contributed by atoms with Gasteiger partial charge in [-0.3, -0.25) is 0 Å². The van der Waals surface area contributed by atoms with Crippen molar-refractivity contribution in [1.29, 1.82) is 0 Å². The molecule has 4 rings (SSSR count). The first kappa shape index (κ1) is 60.0. The van der Waals surface area contributed by atoms with Crippen LogP contribution in [-0.4, -0.2) is 35.5 Å². The average Bonchev–Trinajstić information content (AvgIpc) is 3.13. The summed E-state index contributed by atoms with van der Waals surface area (Å²) in [5, 5.41) is 47.6. The van der Waals surface area contributed by atoms with Crippen molar-refractivity contribution < 1.29 is 20.4 Å². The lowest BCUT2D eigenvalue weighted by Crippen LogP contribution is -2.20. The van der Waals surface area contributed by atoms with Crippen molar-refractivity contribution in [2.24, 2.45) is 0 Å². The molecule has 0 aliphatic rings. The van der Waals surface area contributed by atoms with E-state index >= 15 is 0 Å². The standard InChI is InChI=1S/C62H94O4S4/c1-36(67-38-27-42(55(2,3)4)51(63)43(28-38)56(5,6)7)26-37(68-39-29-44(57(8,9)10)52(64)45(30-39)58(11,12)13)35-50(69-40-31-46(59(14,15)16)53(65)47(32-40)60(17,18)19)70-41-33-48(61(20,21)22)54(66)49(34-41)62(23,24)25/h27-34,36-37,50,63-66H,26,35H2,1-25H3. The maximum Gasteiger partial charge on any atom is 0.123 e. The Labute approximate surface area is 444 Å². The van der Waals surface area contributed by atoms with Crippen LogP contribution in [0.3, 0.4) is 0 Å². The maximum absolute atomic E-state index is 11.9. The monoisotopic (exact) mass is 1030 g/mol. The van der Waals surface area contributed by atoms with Gasteiger partial charge in [-0.25, -0.2) is 0 Å². The number of phenols is 4. The number of hydrogen-bond acceptors (Lipinski definition) is 8. The van der Waals surface area contributed by atoms with Crippen LogP contribution in [0.4, 0.5) is 0 Å². The molecule has 4 aromatic rings. The lowest BCUT2D eigenvalue weighted by atomic mass is 9.79. The first-order valence-electron chi connectivity index (χ1n) is 25.5. The zero-order chi connectivity index (χ0) is 53.9. The van der Waals surface area contributed by atoms with Gasteiger partial charge in [-0.05, 0) is 105 Å². The summed E-state index contributed by atoms with van der Waals surface area (Å²) < 4.78 is 0.0278. The third-order valence-corrected chi connectivity index (χ3v) is 17.9. The van der Waals surface area contributed by atoms with Crippen LogP contribution in [0.15, 0.2) is 68.1 Å². The molecule has 0 aliphatic heterocycles. The second-order valence-electron chi connectivity index (χ2n) is 28.3. The normalized spacial score (nSPS) is 14.7. The van der Waals surface area contributed by atoms with Crippen LogP contribution < -0.4 is 0 Å². The van der Waals surface area contributed by atoms with E-state index in [1.54, 1.807) is 0 Å². The van der Waals surface area contributed by atoms with Crippen molar-refractivity contribution in [2.75, 3.05) is 0 Å². The van der Waals surface area contributed by atoms with E-state index in [0.717, 1.165) is 72.0 Å². The Morgan fingerprint density at radius 2 is 0.486 bits per heavy atom. The first-order chi connectivity index (χ1) is 31.3. The highest BCUT2D eigenvalue weighted by Gasteiger charge is 2.34. The van der Waals surface area contributed by atoms with Gasteiger partial charge in [0.25, 0.3) is 0 Å². The van der Waals surface area contributed by atoms with E-state index in [9.17, 15) is 20.4 Å². The molecule has 0 saturated heterocycles. The number of phenolic OH excluding ortho intramolecular Hbond substituents is 4. The quantitative estimate of drug-likeness (QED) is 0.0826. The van der Waals surface area contributed by atoms with E-state index in [1.807, 2.05) is 47.0 Å². The van der Waals surface area contributed by atoms with Crippen molar-refractivity contribution in [3.8, 4) is 23.0 Å². The second-order valence-corrected chi connectivity index (χ2v) is 34.0. The van der Waals surface area contributed by atoms with Gasteiger partial charge >= 0.3 is 0 Å². The molecule has 0 spiro atoms. The molecule has 4 aromatic carbocycles. The van der Waals surface area contributed by atoms with E-state index in [0.29, 0.717) is 23.0 Å². The number of thioether (sulfide) groups is 4. The molecular weight excluding hydrogens is 937 g/mol. The highest BCUT2D eigenvalue weighted by atomic mass is 32.2. The highest BCUT2D eigenvalue weighted by molar-refractivity contribution is 8.17. The molecular formula is C62H94O4S4. The average molecular weight is 1030 g/mol.